The smallest absolute Gasteiger partial charge is 0.102 e. The number of H-pyrrole nitrogens is 1. The van der Waals surface area contributed by atoms with Gasteiger partial charge in [0, 0.05) is 31.1 Å². The van der Waals surface area contributed by atoms with Crippen LogP contribution in [-0.2, 0) is 0 Å². The van der Waals surface area contributed by atoms with E-state index in [0.717, 1.165) is 52.4 Å². The van der Waals surface area contributed by atoms with Crippen LogP contribution in [0.1, 0.15) is 11.3 Å². The molecule has 0 atom stereocenters. The maximum atomic E-state index is 6.02. The molecule has 4 aromatic rings. The lowest BCUT2D eigenvalue weighted by Crippen LogP contribution is -1.92. The van der Waals surface area contributed by atoms with Crippen LogP contribution < -0.4 is 0 Å². The Balaban J connectivity index is 1.47. The summed E-state index contributed by atoms with van der Waals surface area (Å²) in [7, 11) is 0. The van der Waals surface area contributed by atoms with Crippen LogP contribution in [0.15, 0.2) is 129 Å². The molecule has 2 heterocycles. The Hall–Kier alpha value is -2.63. The summed E-state index contributed by atoms with van der Waals surface area (Å²) in [5.74, 6) is 0. The molecular formula is C27H18Cl2N2S2. The second-order valence-corrected chi connectivity index (χ2v) is 10.3. The topological polar surface area (TPSA) is 28.1 Å². The van der Waals surface area contributed by atoms with Crippen LogP contribution in [0.5, 0.6) is 0 Å². The Kier molecular flexibility index (Phi) is 6.79. The van der Waals surface area contributed by atoms with Crippen LogP contribution in [0.4, 0.5) is 0 Å². The number of aromatic nitrogens is 1. The molecule has 1 aromatic heterocycles. The minimum Gasteiger partial charge on any atom is -0.349 e. The molecule has 2 nitrogen and oxygen atoms in total. The molecule has 0 saturated carbocycles. The lowest BCUT2D eigenvalue weighted by Gasteiger charge is -2.09. The Bertz CT molecular complexity index is 1350. The first-order valence-corrected chi connectivity index (χ1v) is 12.7. The van der Waals surface area contributed by atoms with Gasteiger partial charge in [0.15, 0.2) is 0 Å². The van der Waals surface area contributed by atoms with Gasteiger partial charge in [0.25, 0.3) is 0 Å². The highest BCUT2D eigenvalue weighted by molar-refractivity contribution is 8.14. The number of rotatable bonds is 5. The molecule has 0 bridgehead atoms. The van der Waals surface area contributed by atoms with Gasteiger partial charge < -0.3 is 4.98 Å². The highest BCUT2D eigenvalue weighted by Crippen LogP contribution is 2.35. The Morgan fingerprint density at radius 3 is 1.97 bits per heavy atom. The number of nitrogens with zero attached hydrogens (tertiary/aromatic N) is 1. The summed E-state index contributed by atoms with van der Waals surface area (Å²) in [5, 5.41) is 3.47. The zero-order chi connectivity index (χ0) is 22.6. The number of hydrogen-bond acceptors (Lipinski definition) is 3. The molecule has 1 N–H and O–H groups in total. The minimum atomic E-state index is 0.731. The highest BCUT2D eigenvalue weighted by Gasteiger charge is 2.16. The first kappa shape index (κ1) is 22.2. The number of nitrogens with one attached hydrogen (secondary N) is 1. The molecule has 0 saturated heterocycles. The molecule has 162 valence electrons. The van der Waals surface area contributed by atoms with Crippen molar-refractivity contribution in [1.29, 1.82) is 0 Å². The second-order valence-electron chi connectivity index (χ2n) is 7.26. The first-order chi connectivity index (χ1) is 16.1. The third kappa shape index (κ3) is 5.48. The maximum Gasteiger partial charge on any atom is 0.102 e. The van der Waals surface area contributed by atoms with Gasteiger partial charge in [-0.2, -0.15) is 0 Å². The van der Waals surface area contributed by atoms with Gasteiger partial charge in [0.05, 0.1) is 10.7 Å². The summed E-state index contributed by atoms with van der Waals surface area (Å²) < 4.78 is 0. The molecule has 0 amide bonds. The average Bonchev–Trinajstić information content (AvgIpc) is 3.48. The van der Waals surface area contributed by atoms with E-state index < -0.39 is 0 Å². The molecular weight excluding hydrogens is 487 g/mol. The molecule has 0 radical (unpaired) electrons. The van der Waals surface area contributed by atoms with Crippen molar-refractivity contribution in [2.24, 2.45) is 4.99 Å². The molecule has 33 heavy (non-hydrogen) atoms. The molecule has 1 aliphatic heterocycles. The molecule has 6 heteroatoms. The van der Waals surface area contributed by atoms with Crippen molar-refractivity contribution in [1.82, 2.24) is 4.98 Å². The van der Waals surface area contributed by atoms with Crippen LogP contribution in [0.25, 0.3) is 5.57 Å². The second kappa shape index (κ2) is 10.1. The lowest BCUT2D eigenvalue weighted by molar-refractivity contribution is 1.17. The summed E-state index contributed by atoms with van der Waals surface area (Å²) in [6.45, 7) is 0. The normalized spacial score (nSPS) is 14.4. The van der Waals surface area contributed by atoms with E-state index in [9.17, 15) is 0 Å². The molecule has 1 aliphatic rings. The van der Waals surface area contributed by atoms with Gasteiger partial charge >= 0.3 is 0 Å². The fourth-order valence-electron chi connectivity index (χ4n) is 3.42. The molecule has 0 unspecified atom stereocenters. The zero-order valence-corrected chi connectivity index (χ0v) is 20.5. The quantitative estimate of drug-likeness (QED) is 0.293. The van der Waals surface area contributed by atoms with Crippen LogP contribution in [0.3, 0.4) is 0 Å². The van der Waals surface area contributed by atoms with Gasteiger partial charge in [-0.1, -0.05) is 77.1 Å². The fourth-order valence-corrected chi connectivity index (χ4v) is 5.29. The first-order valence-electron chi connectivity index (χ1n) is 10.3. The molecule has 5 rings (SSSR count). The molecule has 0 aliphatic carbocycles. The van der Waals surface area contributed by atoms with E-state index in [1.165, 1.54) is 0 Å². The standard InChI is InChI=1S/C27H18Cl2N2S2/c28-19-6-10-21(11-7-19)32-25-16-14-23(30-25)27(18-4-2-1-3-5-18)24-15-17-26(31-24)33-22-12-8-20(29)9-13-22/h1-17,30H/b27-24-. The van der Waals surface area contributed by atoms with E-state index in [4.69, 9.17) is 28.2 Å². The van der Waals surface area contributed by atoms with Crippen molar-refractivity contribution in [2.75, 3.05) is 0 Å². The van der Waals surface area contributed by atoms with Crippen LogP contribution in [0, 0.1) is 0 Å². The van der Waals surface area contributed by atoms with Crippen molar-refractivity contribution in [3.05, 3.63) is 130 Å². The number of thioether (sulfide) groups is 1. The van der Waals surface area contributed by atoms with Crippen molar-refractivity contribution in [3.63, 3.8) is 0 Å². The average molecular weight is 505 g/mol. The predicted octanol–water partition coefficient (Wildman–Crippen LogP) is 8.99. The highest BCUT2D eigenvalue weighted by atomic mass is 35.5. The van der Waals surface area contributed by atoms with Crippen molar-refractivity contribution < 1.29 is 0 Å². The minimum absolute atomic E-state index is 0.731. The third-order valence-corrected chi connectivity index (χ3v) is 7.35. The zero-order valence-electron chi connectivity index (χ0n) is 17.3. The molecule has 0 fully saturated rings. The number of benzene rings is 3. The van der Waals surface area contributed by atoms with E-state index >= 15 is 0 Å². The summed E-state index contributed by atoms with van der Waals surface area (Å²) in [6.07, 6.45) is 4.14. The van der Waals surface area contributed by atoms with Gasteiger partial charge in [0.2, 0.25) is 0 Å². The lowest BCUT2D eigenvalue weighted by atomic mass is 10.0. The fraction of sp³-hybridized carbons (Fsp3) is 0. The summed E-state index contributed by atoms with van der Waals surface area (Å²) in [4.78, 5) is 10.7. The van der Waals surface area contributed by atoms with Crippen LogP contribution in [-0.4, -0.2) is 10.0 Å². The van der Waals surface area contributed by atoms with E-state index in [1.54, 1.807) is 23.5 Å². The van der Waals surface area contributed by atoms with Gasteiger partial charge in [-0.3, -0.25) is 0 Å². The monoisotopic (exact) mass is 504 g/mol. The SMILES string of the molecule is Clc1ccc(SC2=N/C(=C(/c3ccccc3)c3ccc(Sc4ccc(Cl)cc4)[nH]3)C=C2)cc1. The van der Waals surface area contributed by atoms with Crippen LogP contribution in [0.2, 0.25) is 10.0 Å². The van der Waals surface area contributed by atoms with Crippen molar-refractivity contribution >= 4 is 57.3 Å². The van der Waals surface area contributed by atoms with Gasteiger partial charge in [-0.25, -0.2) is 4.99 Å². The number of aliphatic imine (C=N–C) groups is 1. The van der Waals surface area contributed by atoms with Crippen molar-refractivity contribution in [2.45, 2.75) is 14.8 Å². The Morgan fingerprint density at radius 2 is 1.30 bits per heavy atom. The molecule has 3 aromatic carbocycles. The number of hydrogen-bond donors (Lipinski definition) is 1. The maximum absolute atomic E-state index is 6.02. The number of halogens is 2. The van der Waals surface area contributed by atoms with E-state index in [2.05, 4.69) is 41.4 Å². The van der Waals surface area contributed by atoms with Crippen LogP contribution >= 0.6 is 46.7 Å². The Morgan fingerprint density at radius 1 is 0.667 bits per heavy atom. The molecule has 0 spiro atoms. The Labute approximate surface area is 211 Å². The van der Waals surface area contributed by atoms with Gasteiger partial charge in [-0.15, -0.1) is 0 Å². The summed E-state index contributed by atoms with van der Waals surface area (Å²) in [5.41, 5.74) is 4.14. The van der Waals surface area contributed by atoms with Gasteiger partial charge in [0.1, 0.15) is 5.04 Å². The van der Waals surface area contributed by atoms with E-state index in [0.29, 0.717) is 0 Å². The number of aromatic amines is 1. The summed E-state index contributed by atoms with van der Waals surface area (Å²) in [6, 6.07) is 30.2. The van der Waals surface area contributed by atoms with Crippen molar-refractivity contribution in [3.8, 4) is 0 Å². The predicted molar refractivity (Wildman–Crippen MR) is 143 cm³/mol. The summed E-state index contributed by atoms with van der Waals surface area (Å²) >= 11 is 15.3. The van der Waals surface area contributed by atoms with E-state index in [-0.39, 0.29) is 0 Å². The van der Waals surface area contributed by atoms with Gasteiger partial charge in [-0.05, 0) is 78.4 Å². The van der Waals surface area contributed by atoms with E-state index in [1.807, 2.05) is 66.7 Å². The number of allylic oxidation sites excluding steroid dienone is 1. The third-order valence-electron chi connectivity index (χ3n) is 4.94. The largest absolute Gasteiger partial charge is 0.349 e.